The van der Waals surface area contributed by atoms with Gasteiger partial charge in [0.1, 0.15) is 5.75 Å². The summed E-state index contributed by atoms with van der Waals surface area (Å²) in [6.07, 6.45) is 8.47. The van der Waals surface area contributed by atoms with Crippen molar-refractivity contribution in [1.29, 1.82) is 0 Å². The zero-order chi connectivity index (χ0) is 18.8. The Hall–Kier alpha value is -2.83. The summed E-state index contributed by atoms with van der Waals surface area (Å²) in [5.74, 6) is -0.801. The number of nitrogens with one attached hydrogen (secondary N) is 1. The van der Waals surface area contributed by atoms with Gasteiger partial charge in [-0.25, -0.2) is 9.78 Å². The van der Waals surface area contributed by atoms with Crippen molar-refractivity contribution in [3.63, 3.8) is 0 Å². The van der Waals surface area contributed by atoms with E-state index in [0.29, 0.717) is 17.9 Å². The molecule has 0 aliphatic heterocycles. The van der Waals surface area contributed by atoms with Gasteiger partial charge in [0.25, 0.3) is 11.8 Å². The third kappa shape index (κ3) is 5.91. The number of nitrogens with zero attached hydrogens (tertiary/aromatic N) is 1. The molecule has 0 unspecified atom stereocenters. The number of nitrogens with two attached hydrogens (primary N) is 1. The molecule has 1 amide bonds. The van der Waals surface area contributed by atoms with Crippen molar-refractivity contribution < 1.29 is 19.1 Å². The molecule has 0 atom stereocenters. The lowest BCUT2D eigenvalue weighted by molar-refractivity contribution is 0.0726. The Labute approximate surface area is 152 Å². The van der Waals surface area contributed by atoms with E-state index in [2.05, 4.69) is 16.9 Å². The number of unbranched alkanes of at least 4 members (excludes halogenated alkanes) is 5. The number of aromatic nitrogens is 2. The lowest BCUT2D eigenvalue weighted by atomic mass is 10.1. The zero-order valence-electron chi connectivity index (χ0n) is 15.0. The lowest BCUT2D eigenvalue weighted by Gasteiger charge is -2.07. The van der Waals surface area contributed by atoms with Crippen molar-refractivity contribution in [3.05, 3.63) is 41.9 Å². The summed E-state index contributed by atoms with van der Waals surface area (Å²) in [6, 6.07) is 6.64. The maximum absolute atomic E-state index is 12.1. The third-order valence-electron chi connectivity index (χ3n) is 3.90. The van der Waals surface area contributed by atoms with Crippen molar-refractivity contribution in [1.82, 2.24) is 9.97 Å². The first-order chi connectivity index (χ1) is 12.6. The van der Waals surface area contributed by atoms with Crippen LogP contribution in [0.5, 0.6) is 11.6 Å². The molecule has 2 rings (SSSR count). The quantitative estimate of drug-likeness (QED) is 0.472. The molecule has 0 spiro atoms. The molecule has 1 aromatic carbocycles. The van der Waals surface area contributed by atoms with Crippen LogP contribution in [0.1, 0.15) is 66.3 Å². The van der Waals surface area contributed by atoms with Crippen LogP contribution in [0.25, 0.3) is 0 Å². The minimum absolute atomic E-state index is 0.0442. The number of benzene rings is 1. The topological polar surface area (TPSA) is 107 Å². The number of carbonyl (C=O) groups is 2. The minimum atomic E-state index is -0.747. The van der Waals surface area contributed by atoms with Gasteiger partial charge in [0.2, 0.25) is 0 Å². The molecule has 0 fully saturated rings. The lowest BCUT2D eigenvalue weighted by Crippen LogP contribution is -2.16. The van der Waals surface area contributed by atoms with Crippen LogP contribution in [0.3, 0.4) is 0 Å². The number of esters is 1. The molecule has 7 heteroatoms. The first-order valence-electron chi connectivity index (χ1n) is 8.90. The highest BCUT2D eigenvalue weighted by Crippen LogP contribution is 2.17. The van der Waals surface area contributed by atoms with Crippen LogP contribution >= 0.6 is 0 Å². The first kappa shape index (κ1) is 19.5. The molecule has 0 radical (unpaired) electrons. The Morgan fingerprint density at radius 2 is 1.77 bits per heavy atom. The second-order valence-electron chi connectivity index (χ2n) is 5.98. The zero-order valence-corrected chi connectivity index (χ0v) is 15.0. The Morgan fingerprint density at radius 3 is 2.46 bits per heavy atom. The van der Waals surface area contributed by atoms with E-state index in [0.717, 1.165) is 12.8 Å². The third-order valence-corrected chi connectivity index (χ3v) is 3.90. The molecule has 26 heavy (non-hydrogen) atoms. The summed E-state index contributed by atoms with van der Waals surface area (Å²) in [7, 11) is 0. The fourth-order valence-electron chi connectivity index (χ4n) is 2.44. The van der Waals surface area contributed by atoms with Crippen molar-refractivity contribution in [2.45, 2.75) is 45.4 Å². The summed E-state index contributed by atoms with van der Waals surface area (Å²) in [4.78, 5) is 29.6. The number of hydrogen-bond acceptors (Lipinski definition) is 5. The van der Waals surface area contributed by atoms with Crippen LogP contribution in [0.15, 0.2) is 30.6 Å². The van der Waals surface area contributed by atoms with E-state index in [9.17, 15) is 9.59 Å². The highest BCUT2D eigenvalue weighted by molar-refractivity contribution is 5.96. The molecule has 0 saturated heterocycles. The normalized spacial score (nSPS) is 10.5. The number of carbonyl (C=O) groups excluding carboxylic acids is 2. The average molecular weight is 359 g/mol. The van der Waals surface area contributed by atoms with Gasteiger partial charge < -0.3 is 20.2 Å². The van der Waals surface area contributed by atoms with Crippen LogP contribution in [0, 0.1) is 0 Å². The Kier molecular flexibility index (Phi) is 7.67. The first-order valence-corrected chi connectivity index (χ1v) is 8.90. The number of primary amides is 1. The van der Waals surface area contributed by atoms with Gasteiger partial charge in [0, 0.05) is 0 Å². The molecule has 0 aliphatic rings. The number of rotatable bonds is 11. The van der Waals surface area contributed by atoms with Crippen LogP contribution in [-0.2, 0) is 0 Å². The van der Waals surface area contributed by atoms with Crippen LogP contribution < -0.4 is 15.2 Å². The summed E-state index contributed by atoms with van der Waals surface area (Å²) in [5, 5.41) is 0. The smallest absolute Gasteiger partial charge is 0.344 e. The summed E-state index contributed by atoms with van der Waals surface area (Å²) < 4.78 is 10.8. The molecule has 1 aromatic heterocycles. The van der Waals surface area contributed by atoms with Gasteiger partial charge in [-0.3, -0.25) is 4.79 Å². The number of ether oxygens (including phenoxy) is 2. The highest BCUT2D eigenvalue weighted by Gasteiger charge is 2.17. The van der Waals surface area contributed by atoms with Crippen molar-refractivity contribution >= 4 is 11.9 Å². The van der Waals surface area contributed by atoms with Crippen molar-refractivity contribution in [3.8, 4) is 11.6 Å². The van der Waals surface area contributed by atoms with E-state index in [-0.39, 0.29) is 11.6 Å². The van der Waals surface area contributed by atoms with Gasteiger partial charge in [0.15, 0.2) is 5.69 Å². The van der Waals surface area contributed by atoms with Gasteiger partial charge in [-0.2, -0.15) is 0 Å². The van der Waals surface area contributed by atoms with Gasteiger partial charge in [0.05, 0.1) is 18.5 Å². The maximum atomic E-state index is 12.1. The van der Waals surface area contributed by atoms with Gasteiger partial charge >= 0.3 is 5.97 Å². The molecule has 140 valence electrons. The van der Waals surface area contributed by atoms with E-state index >= 15 is 0 Å². The van der Waals surface area contributed by atoms with E-state index in [1.807, 2.05) is 0 Å². The fourth-order valence-corrected chi connectivity index (χ4v) is 2.44. The second kappa shape index (κ2) is 10.2. The van der Waals surface area contributed by atoms with Gasteiger partial charge in [-0.15, -0.1) is 0 Å². The van der Waals surface area contributed by atoms with Gasteiger partial charge in [-0.1, -0.05) is 39.0 Å². The van der Waals surface area contributed by atoms with Crippen LogP contribution in [-0.4, -0.2) is 28.5 Å². The van der Waals surface area contributed by atoms with Crippen molar-refractivity contribution in [2.75, 3.05) is 6.61 Å². The predicted molar refractivity (Wildman–Crippen MR) is 97.4 cm³/mol. The largest absolute Gasteiger partial charge is 0.494 e. The number of hydrogen-bond donors (Lipinski definition) is 2. The summed E-state index contributed by atoms with van der Waals surface area (Å²) in [5.41, 5.74) is 5.45. The fraction of sp³-hybridized carbons (Fsp3) is 0.421. The van der Waals surface area contributed by atoms with Crippen LogP contribution in [0.4, 0.5) is 0 Å². The number of amides is 1. The number of H-pyrrole nitrogens is 1. The molecule has 3 N–H and O–H groups in total. The Balaban J connectivity index is 1.78. The van der Waals surface area contributed by atoms with Crippen LogP contribution in [0.2, 0.25) is 0 Å². The van der Waals surface area contributed by atoms with E-state index in [4.69, 9.17) is 15.2 Å². The number of aromatic amines is 1. The highest BCUT2D eigenvalue weighted by atomic mass is 16.5. The summed E-state index contributed by atoms with van der Waals surface area (Å²) >= 11 is 0. The predicted octanol–water partition coefficient (Wildman–Crippen LogP) is 3.47. The van der Waals surface area contributed by atoms with E-state index < -0.39 is 11.9 Å². The average Bonchev–Trinajstić information content (AvgIpc) is 3.10. The monoisotopic (exact) mass is 359 g/mol. The SMILES string of the molecule is CCCCCCCCOc1ccc(C(=O)Oc2nc[nH]c2C(N)=O)cc1. The molecule has 2 aromatic rings. The maximum Gasteiger partial charge on any atom is 0.344 e. The number of imidazole rings is 1. The molecule has 1 heterocycles. The van der Waals surface area contributed by atoms with Gasteiger partial charge in [-0.05, 0) is 30.7 Å². The molecule has 0 saturated carbocycles. The molecule has 7 nitrogen and oxygen atoms in total. The molecule has 0 aliphatic carbocycles. The Bertz CT molecular complexity index is 710. The molecular formula is C19H25N3O4. The van der Waals surface area contributed by atoms with Crippen molar-refractivity contribution in [2.24, 2.45) is 5.73 Å². The minimum Gasteiger partial charge on any atom is -0.494 e. The second-order valence-corrected chi connectivity index (χ2v) is 5.98. The Morgan fingerprint density at radius 1 is 1.08 bits per heavy atom. The summed E-state index contributed by atoms with van der Waals surface area (Å²) in [6.45, 7) is 2.86. The molecular weight excluding hydrogens is 334 g/mol. The molecule has 0 bridgehead atoms. The van der Waals surface area contributed by atoms with E-state index in [1.165, 1.54) is 32.0 Å². The standard InChI is InChI=1S/C19H25N3O4/c1-2-3-4-5-6-7-12-25-15-10-8-14(9-11-15)19(24)26-18-16(17(20)23)21-13-22-18/h8-11,13H,2-7,12H2,1H3,(H2,20,23)(H,21,22). The van der Waals surface area contributed by atoms with E-state index in [1.54, 1.807) is 24.3 Å².